The summed E-state index contributed by atoms with van der Waals surface area (Å²) in [6.45, 7) is 14.9. The molecule has 0 bridgehead atoms. The number of hydrogen-bond acceptors (Lipinski definition) is 10. The van der Waals surface area contributed by atoms with Crippen LogP contribution in [-0.2, 0) is 16.0 Å². The molecule has 4 rings (SSSR count). The summed E-state index contributed by atoms with van der Waals surface area (Å²) in [5.74, 6) is 0.893. The SMILES string of the molecule is CCN(CC)C1=NCC(N(CC)C(=O)c2ccoc2)=C(N[C@@H](Cc2ccc(OC(=O)N3CCCC3)cc2)C(=O)OC(C)(C)C)N1. The number of esters is 1. The molecule has 2 N–H and O–H groups in total. The van der Waals surface area contributed by atoms with E-state index in [9.17, 15) is 14.4 Å². The summed E-state index contributed by atoms with van der Waals surface area (Å²) in [5, 5.41) is 6.75. The number of carbonyl (C=O) groups excluding carboxylic acids is 3. The number of furan rings is 1. The first-order valence-electron chi connectivity index (χ1n) is 15.7. The van der Waals surface area contributed by atoms with Gasteiger partial charge in [0.15, 0.2) is 5.96 Å². The van der Waals surface area contributed by atoms with Crippen LogP contribution in [-0.4, -0.2) is 89.5 Å². The largest absolute Gasteiger partial charge is 0.472 e. The zero-order chi connectivity index (χ0) is 32.6. The Kier molecular flexibility index (Phi) is 11.1. The van der Waals surface area contributed by atoms with Crippen LogP contribution < -0.4 is 15.4 Å². The summed E-state index contributed by atoms with van der Waals surface area (Å²) in [4.78, 5) is 49.7. The van der Waals surface area contributed by atoms with Gasteiger partial charge in [0.2, 0.25) is 0 Å². The summed E-state index contributed by atoms with van der Waals surface area (Å²) in [6, 6.07) is 7.92. The molecule has 2 aromatic rings. The lowest BCUT2D eigenvalue weighted by atomic mass is 10.0. The molecule has 0 unspecified atom stereocenters. The van der Waals surface area contributed by atoms with Gasteiger partial charge in [-0.3, -0.25) is 4.79 Å². The Morgan fingerprint density at radius 2 is 1.73 bits per heavy atom. The highest BCUT2D eigenvalue weighted by Crippen LogP contribution is 2.21. The Hall–Kier alpha value is -4.48. The molecule has 2 aliphatic heterocycles. The fraction of sp³-hybridized carbons (Fsp3) is 0.515. The maximum absolute atomic E-state index is 13.6. The average Bonchev–Trinajstić information content (AvgIpc) is 3.74. The molecule has 2 amide bonds. The number of carbonyl (C=O) groups is 3. The number of guanidine groups is 1. The van der Waals surface area contributed by atoms with Crippen molar-refractivity contribution in [3.63, 3.8) is 0 Å². The second-order valence-corrected chi connectivity index (χ2v) is 12.0. The molecule has 2 aliphatic rings. The van der Waals surface area contributed by atoms with Gasteiger partial charge in [-0.2, -0.15) is 0 Å². The summed E-state index contributed by atoms with van der Waals surface area (Å²) in [6.07, 6.45) is 4.75. The Labute approximate surface area is 265 Å². The second kappa shape index (κ2) is 15.0. The molecule has 244 valence electrons. The molecule has 1 aromatic carbocycles. The number of benzene rings is 1. The lowest BCUT2D eigenvalue weighted by molar-refractivity contribution is -0.157. The molecule has 0 spiro atoms. The van der Waals surface area contributed by atoms with Crippen LogP contribution in [0.4, 0.5) is 4.79 Å². The number of rotatable bonds is 11. The van der Waals surface area contributed by atoms with Crippen molar-refractivity contribution in [2.75, 3.05) is 39.3 Å². The first-order valence-corrected chi connectivity index (χ1v) is 15.7. The molecule has 12 heteroatoms. The predicted molar refractivity (Wildman–Crippen MR) is 171 cm³/mol. The van der Waals surface area contributed by atoms with Gasteiger partial charge in [-0.05, 0) is 78.1 Å². The van der Waals surface area contributed by atoms with E-state index in [1.165, 1.54) is 12.5 Å². The molecule has 1 saturated heterocycles. The van der Waals surface area contributed by atoms with Gasteiger partial charge in [-0.25, -0.2) is 14.6 Å². The maximum Gasteiger partial charge on any atom is 0.415 e. The number of amides is 2. The minimum Gasteiger partial charge on any atom is -0.472 e. The number of likely N-dealkylation sites (N-methyl/N-ethyl adjacent to an activating group) is 1. The quantitative estimate of drug-likeness (QED) is 0.352. The van der Waals surface area contributed by atoms with Crippen molar-refractivity contribution in [3.05, 3.63) is 65.5 Å². The van der Waals surface area contributed by atoms with Gasteiger partial charge >= 0.3 is 12.1 Å². The van der Waals surface area contributed by atoms with E-state index < -0.39 is 17.6 Å². The molecule has 1 aromatic heterocycles. The van der Waals surface area contributed by atoms with Gasteiger partial charge in [0, 0.05) is 39.1 Å². The fourth-order valence-electron chi connectivity index (χ4n) is 5.23. The van der Waals surface area contributed by atoms with Crippen LogP contribution >= 0.6 is 0 Å². The fourth-order valence-corrected chi connectivity index (χ4v) is 5.23. The van der Waals surface area contributed by atoms with Crippen LogP contribution in [0.25, 0.3) is 0 Å². The summed E-state index contributed by atoms with van der Waals surface area (Å²) in [7, 11) is 0. The molecule has 0 aliphatic carbocycles. The van der Waals surface area contributed by atoms with Crippen molar-refractivity contribution in [1.29, 1.82) is 0 Å². The summed E-state index contributed by atoms with van der Waals surface area (Å²) in [5.41, 5.74) is 1.12. The van der Waals surface area contributed by atoms with Crippen LogP contribution in [0.1, 0.15) is 70.3 Å². The van der Waals surface area contributed by atoms with Gasteiger partial charge < -0.3 is 39.2 Å². The monoisotopic (exact) mass is 622 g/mol. The van der Waals surface area contributed by atoms with Crippen molar-refractivity contribution in [3.8, 4) is 5.75 Å². The summed E-state index contributed by atoms with van der Waals surface area (Å²) < 4.78 is 16.6. The van der Waals surface area contributed by atoms with Gasteiger partial charge in [0.1, 0.15) is 29.5 Å². The molecular weight excluding hydrogens is 576 g/mol. The van der Waals surface area contributed by atoms with Crippen molar-refractivity contribution in [2.24, 2.45) is 4.99 Å². The van der Waals surface area contributed by atoms with Gasteiger partial charge in [-0.1, -0.05) is 12.1 Å². The predicted octanol–water partition coefficient (Wildman–Crippen LogP) is 4.35. The van der Waals surface area contributed by atoms with Crippen LogP contribution in [0.5, 0.6) is 5.75 Å². The molecule has 1 atom stereocenters. The van der Waals surface area contributed by atoms with E-state index in [1.807, 2.05) is 53.7 Å². The standard InChI is InChI=1S/C33H46N6O6/c1-7-37(8-2)31-34-21-27(39(9-3)29(40)24-16-19-43-22-24)28(36-31)35-26(30(41)45-33(4,5)6)20-23-12-14-25(15-13-23)44-32(42)38-17-10-11-18-38/h12-16,19,22,26,35H,7-11,17-18,20-21H2,1-6H3,(H,34,36)/t26-/m0/s1. The number of ether oxygens (including phenoxy) is 2. The first kappa shape index (κ1) is 33.4. The van der Waals surface area contributed by atoms with Crippen molar-refractivity contribution < 1.29 is 28.3 Å². The molecule has 45 heavy (non-hydrogen) atoms. The number of hydrogen-bond donors (Lipinski definition) is 2. The molecule has 0 radical (unpaired) electrons. The van der Waals surface area contributed by atoms with Crippen molar-refractivity contribution in [2.45, 2.75) is 72.4 Å². The number of aliphatic imine (C=N–C) groups is 1. The Balaban J connectivity index is 1.62. The maximum atomic E-state index is 13.6. The number of likely N-dealkylation sites (tertiary alicyclic amines) is 1. The van der Waals surface area contributed by atoms with Gasteiger partial charge in [0.25, 0.3) is 5.91 Å². The first-order chi connectivity index (χ1) is 21.5. The number of nitrogens with zero attached hydrogens (tertiary/aromatic N) is 4. The normalized spacial score (nSPS) is 15.6. The van der Waals surface area contributed by atoms with Crippen LogP contribution in [0.2, 0.25) is 0 Å². The molecule has 0 saturated carbocycles. The molecule has 12 nitrogen and oxygen atoms in total. The second-order valence-electron chi connectivity index (χ2n) is 12.0. The third kappa shape index (κ3) is 8.80. The minimum atomic E-state index is -0.821. The zero-order valence-electron chi connectivity index (χ0n) is 27.2. The van der Waals surface area contributed by atoms with E-state index in [0.29, 0.717) is 48.4 Å². The average molecular weight is 623 g/mol. The zero-order valence-corrected chi connectivity index (χ0v) is 27.2. The van der Waals surface area contributed by atoms with Crippen LogP contribution in [0, 0.1) is 0 Å². The van der Waals surface area contributed by atoms with Crippen molar-refractivity contribution in [1.82, 2.24) is 25.3 Å². The van der Waals surface area contributed by atoms with Crippen LogP contribution in [0.15, 0.2) is 63.8 Å². The van der Waals surface area contributed by atoms with E-state index in [0.717, 1.165) is 31.5 Å². The molecule has 1 fully saturated rings. The smallest absolute Gasteiger partial charge is 0.415 e. The van der Waals surface area contributed by atoms with E-state index in [2.05, 4.69) is 15.5 Å². The summed E-state index contributed by atoms with van der Waals surface area (Å²) >= 11 is 0. The van der Waals surface area contributed by atoms with E-state index in [4.69, 9.17) is 18.9 Å². The third-order valence-electron chi connectivity index (χ3n) is 7.56. The van der Waals surface area contributed by atoms with Gasteiger partial charge in [-0.15, -0.1) is 0 Å². The minimum absolute atomic E-state index is 0.219. The highest BCUT2D eigenvalue weighted by molar-refractivity contribution is 5.95. The van der Waals surface area contributed by atoms with E-state index >= 15 is 0 Å². The Bertz CT molecular complexity index is 1370. The molecule has 3 heterocycles. The third-order valence-corrected chi connectivity index (χ3v) is 7.56. The van der Waals surface area contributed by atoms with Gasteiger partial charge in [0.05, 0.1) is 24.1 Å². The van der Waals surface area contributed by atoms with E-state index in [1.54, 1.807) is 28.0 Å². The topological polar surface area (TPSA) is 129 Å². The molecular formula is C33H46N6O6. The lowest BCUT2D eigenvalue weighted by Gasteiger charge is -2.35. The lowest BCUT2D eigenvalue weighted by Crippen LogP contribution is -2.52. The Morgan fingerprint density at radius 3 is 2.31 bits per heavy atom. The van der Waals surface area contributed by atoms with Crippen molar-refractivity contribution >= 4 is 23.9 Å². The number of nitrogens with one attached hydrogen (secondary N) is 2. The highest BCUT2D eigenvalue weighted by Gasteiger charge is 2.32. The highest BCUT2D eigenvalue weighted by atomic mass is 16.6. The van der Waals surface area contributed by atoms with E-state index in [-0.39, 0.29) is 25.0 Å². The Morgan fingerprint density at radius 1 is 1.04 bits per heavy atom. The van der Waals surface area contributed by atoms with Crippen LogP contribution in [0.3, 0.4) is 0 Å².